The number of nitrogen functional groups attached to an aromatic ring is 1. The highest BCUT2D eigenvalue weighted by molar-refractivity contribution is 5.77. The van der Waals surface area contributed by atoms with Gasteiger partial charge in [0.1, 0.15) is 0 Å². The van der Waals surface area contributed by atoms with E-state index in [0.717, 1.165) is 36.9 Å². The van der Waals surface area contributed by atoms with Gasteiger partial charge in [-0.3, -0.25) is 4.79 Å². The van der Waals surface area contributed by atoms with E-state index < -0.39 is 0 Å². The van der Waals surface area contributed by atoms with Crippen LogP contribution < -0.4 is 11.1 Å². The Hall–Kier alpha value is -1.55. The summed E-state index contributed by atoms with van der Waals surface area (Å²) in [5.41, 5.74) is 7.21. The minimum Gasteiger partial charge on any atom is -0.399 e. The van der Waals surface area contributed by atoms with Crippen LogP contribution in [0.2, 0.25) is 0 Å². The zero-order valence-electron chi connectivity index (χ0n) is 11.2. The molecule has 1 fully saturated rings. The number of amides is 1. The van der Waals surface area contributed by atoms with Gasteiger partial charge in [-0.1, -0.05) is 31.0 Å². The first kappa shape index (κ1) is 13.9. The van der Waals surface area contributed by atoms with Crippen LogP contribution in [-0.4, -0.2) is 23.2 Å². The average molecular weight is 262 g/mol. The average Bonchev–Trinajstić information content (AvgIpc) is 2.87. The number of para-hydroxylation sites is 1. The van der Waals surface area contributed by atoms with Gasteiger partial charge in [0.2, 0.25) is 5.91 Å². The molecule has 0 heterocycles. The molecule has 0 atom stereocenters. The molecule has 1 aromatic rings. The summed E-state index contributed by atoms with van der Waals surface area (Å²) < 4.78 is 0. The molecule has 4 heteroatoms. The Bertz CT molecular complexity index is 440. The standard InChI is InChI=1S/C15H22N2O2/c16-13-6-2-1-5-12(13)7-8-14(19)17-15(11-18)9-3-4-10-15/h1-2,5-6,18H,3-4,7-11,16H2,(H,17,19). The lowest BCUT2D eigenvalue weighted by Crippen LogP contribution is -2.49. The molecule has 1 amide bonds. The van der Waals surface area contributed by atoms with Gasteiger partial charge in [0.15, 0.2) is 0 Å². The molecule has 0 aliphatic heterocycles. The lowest BCUT2D eigenvalue weighted by molar-refractivity contribution is -0.123. The molecule has 2 rings (SSSR count). The summed E-state index contributed by atoms with van der Waals surface area (Å²) in [6, 6.07) is 7.60. The monoisotopic (exact) mass is 262 g/mol. The van der Waals surface area contributed by atoms with Gasteiger partial charge in [-0.25, -0.2) is 0 Å². The first-order chi connectivity index (χ1) is 9.15. The third-order valence-electron chi connectivity index (χ3n) is 3.94. The zero-order valence-corrected chi connectivity index (χ0v) is 11.2. The number of rotatable bonds is 5. The van der Waals surface area contributed by atoms with Gasteiger partial charge in [-0.05, 0) is 30.9 Å². The second-order valence-electron chi connectivity index (χ2n) is 5.39. The third-order valence-corrected chi connectivity index (χ3v) is 3.94. The van der Waals surface area contributed by atoms with E-state index in [9.17, 15) is 9.90 Å². The molecule has 104 valence electrons. The number of nitrogens with one attached hydrogen (secondary N) is 1. The van der Waals surface area contributed by atoms with E-state index >= 15 is 0 Å². The lowest BCUT2D eigenvalue weighted by Gasteiger charge is -2.28. The molecule has 0 radical (unpaired) electrons. The van der Waals surface area contributed by atoms with Crippen molar-refractivity contribution in [1.29, 1.82) is 0 Å². The molecule has 1 aliphatic rings. The zero-order chi connectivity index (χ0) is 13.7. The van der Waals surface area contributed by atoms with Crippen molar-refractivity contribution in [3.05, 3.63) is 29.8 Å². The summed E-state index contributed by atoms with van der Waals surface area (Å²) in [5, 5.41) is 12.5. The highest BCUT2D eigenvalue weighted by Crippen LogP contribution is 2.29. The number of anilines is 1. The number of carbonyl (C=O) groups is 1. The first-order valence-corrected chi connectivity index (χ1v) is 6.90. The summed E-state index contributed by atoms with van der Waals surface area (Å²) in [4.78, 5) is 12.0. The fourth-order valence-electron chi connectivity index (χ4n) is 2.74. The van der Waals surface area contributed by atoms with Crippen molar-refractivity contribution >= 4 is 11.6 Å². The van der Waals surface area contributed by atoms with Crippen molar-refractivity contribution in [3.63, 3.8) is 0 Å². The van der Waals surface area contributed by atoms with Gasteiger partial charge in [0.05, 0.1) is 12.1 Å². The SMILES string of the molecule is Nc1ccccc1CCC(=O)NC1(CO)CCCC1. The van der Waals surface area contributed by atoms with Gasteiger partial charge < -0.3 is 16.2 Å². The minimum absolute atomic E-state index is 0.000738. The Kier molecular flexibility index (Phi) is 4.43. The number of benzene rings is 1. The van der Waals surface area contributed by atoms with Crippen molar-refractivity contribution < 1.29 is 9.90 Å². The molecule has 0 unspecified atom stereocenters. The van der Waals surface area contributed by atoms with Crippen molar-refractivity contribution in [2.45, 2.75) is 44.1 Å². The Morgan fingerprint density at radius 1 is 1.32 bits per heavy atom. The highest BCUT2D eigenvalue weighted by atomic mass is 16.3. The van der Waals surface area contributed by atoms with Crippen LogP contribution in [-0.2, 0) is 11.2 Å². The van der Waals surface area contributed by atoms with E-state index in [1.54, 1.807) is 0 Å². The molecule has 1 aromatic carbocycles. The Morgan fingerprint density at radius 2 is 2.00 bits per heavy atom. The van der Waals surface area contributed by atoms with Crippen LogP contribution >= 0.6 is 0 Å². The number of aryl methyl sites for hydroxylation is 1. The van der Waals surface area contributed by atoms with Crippen LogP contribution in [0.5, 0.6) is 0 Å². The quantitative estimate of drug-likeness (QED) is 0.706. The fourth-order valence-corrected chi connectivity index (χ4v) is 2.74. The molecule has 0 spiro atoms. The number of nitrogens with two attached hydrogens (primary N) is 1. The molecule has 4 N–H and O–H groups in total. The largest absolute Gasteiger partial charge is 0.399 e. The highest BCUT2D eigenvalue weighted by Gasteiger charge is 2.34. The normalized spacial score (nSPS) is 17.3. The minimum atomic E-state index is -0.376. The molecule has 19 heavy (non-hydrogen) atoms. The number of hydrogen-bond donors (Lipinski definition) is 3. The molecule has 1 saturated carbocycles. The second kappa shape index (κ2) is 6.06. The molecular formula is C15H22N2O2. The molecule has 0 aromatic heterocycles. The second-order valence-corrected chi connectivity index (χ2v) is 5.39. The van der Waals surface area contributed by atoms with Crippen molar-refractivity contribution in [3.8, 4) is 0 Å². The summed E-state index contributed by atoms with van der Waals surface area (Å²) in [6.07, 6.45) is 4.96. The van der Waals surface area contributed by atoms with Crippen molar-refractivity contribution in [2.24, 2.45) is 0 Å². The molecule has 0 bridgehead atoms. The van der Waals surface area contributed by atoms with Crippen LogP contribution in [0.15, 0.2) is 24.3 Å². The molecule has 0 saturated heterocycles. The van der Waals surface area contributed by atoms with E-state index in [-0.39, 0.29) is 18.1 Å². The Balaban J connectivity index is 1.86. The van der Waals surface area contributed by atoms with Crippen LogP contribution in [0.1, 0.15) is 37.7 Å². The van der Waals surface area contributed by atoms with Crippen LogP contribution in [0.3, 0.4) is 0 Å². The molecular weight excluding hydrogens is 240 g/mol. The van der Waals surface area contributed by atoms with Crippen LogP contribution in [0.4, 0.5) is 5.69 Å². The predicted molar refractivity (Wildman–Crippen MR) is 75.6 cm³/mol. The smallest absolute Gasteiger partial charge is 0.220 e. The van der Waals surface area contributed by atoms with Gasteiger partial charge >= 0.3 is 0 Å². The summed E-state index contributed by atoms with van der Waals surface area (Å²) in [6.45, 7) is 0.0339. The number of aliphatic hydroxyl groups excluding tert-OH is 1. The topological polar surface area (TPSA) is 75.4 Å². The summed E-state index contributed by atoms with van der Waals surface area (Å²) >= 11 is 0. The maximum Gasteiger partial charge on any atom is 0.220 e. The van der Waals surface area contributed by atoms with Crippen molar-refractivity contribution in [2.75, 3.05) is 12.3 Å². The lowest BCUT2D eigenvalue weighted by atomic mass is 9.98. The van der Waals surface area contributed by atoms with Gasteiger partial charge in [-0.2, -0.15) is 0 Å². The maximum atomic E-state index is 12.0. The van der Waals surface area contributed by atoms with Gasteiger partial charge in [0.25, 0.3) is 0 Å². The van der Waals surface area contributed by atoms with Gasteiger partial charge in [-0.15, -0.1) is 0 Å². The maximum absolute atomic E-state index is 12.0. The number of aliphatic hydroxyl groups is 1. The molecule has 1 aliphatic carbocycles. The predicted octanol–water partition coefficient (Wildman–Crippen LogP) is 1.62. The van der Waals surface area contributed by atoms with E-state index in [1.165, 1.54) is 0 Å². The molecule has 4 nitrogen and oxygen atoms in total. The van der Waals surface area contributed by atoms with Gasteiger partial charge in [0, 0.05) is 12.1 Å². The van der Waals surface area contributed by atoms with Crippen LogP contribution in [0.25, 0.3) is 0 Å². The summed E-state index contributed by atoms with van der Waals surface area (Å²) in [5.74, 6) is -0.000738. The van der Waals surface area contributed by atoms with E-state index in [4.69, 9.17) is 5.73 Å². The Labute approximate surface area is 114 Å². The fraction of sp³-hybridized carbons (Fsp3) is 0.533. The summed E-state index contributed by atoms with van der Waals surface area (Å²) in [7, 11) is 0. The van der Waals surface area contributed by atoms with Crippen molar-refractivity contribution in [1.82, 2.24) is 5.32 Å². The number of carbonyl (C=O) groups excluding carboxylic acids is 1. The van der Waals surface area contributed by atoms with E-state index in [2.05, 4.69) is 5.32 Å². The third kappa shape index (κ3) is 3.47. The van der Waals surface area contributed by atoms with E-state index in [0.29, 0.717) is 12.8 Å². The van der Waals surface area contributed by atoms with Crippen LogP contribution in [0, 0.1) is 0 Å². The van der Waals surface area contributed by atoms with E-state index in [1.807, 2.05) is 24.3 Å². The Morgan fingerprint density at radius 3 is 2.63 bits per heavy atom. The number of hydrogen-bond acceptors (Lipinski definition) is 3. The first-order valence-electron chi connectivity index (χ1n) is 6.90.